The van der Waals surface area contributed by atoms with E-state index >= 15 is 0 Å². The summed E-state index contributed by atoms with van der Waals surface area (Å²) in [5.41, 5.74) is 1.93. The lowest BCUT2D eigenvalue weighted by atomic mass is 9.94. The number of nitrogens with zero attached hydrogens (tertiary/aromatic N) is 2. The highest BCUT2D eigenvalue weighted by molar-refractivity contribution is 5.86. The van der Waals surface area contributed by atoms with Gasteiger partial charge in [0.25, 0.3) is 0 Å². The molecule has 0 spiro atoms. The minimum absolute atomic E-state index is 0.0432. The van der Waals surface area contributed by atoms with Crippen LogP contribution in [0.5, 0.6) is 5.75 Å². The Hall–Kier alpha value is -3.81. The van der Waals surface area contributed by atoms with Crippen LogP contribution in [0.4, 0.5) is 11.4 Å². The second-order valence-corrected chi connectivity index (χ2v) is 7.19. The number of benzene rings is 2. The van der Waals surface area contributed by atoms with Gasteiger partial charge in [-0.25, -0.2) is 0 Å². The maximum absolute atomic E-state index is 12.0. The number of anilines is 1. The third kappa shape index (κ3) is 4.53. The first-order valence-electron chi connectivity index (χ1n) is 9.66. The zero-order valence-electron chi connectivity index (χ0n) is 17.0. The van der Waals surface area contributed by atoms with Crippen molar-refractivity contribution in [3.63, 3.8) is 0 Å². The van der Waals surface area contributed by atoms with Crippen molar-refractivity contribution >= 4 is 17.6 Å². The van der Waals surface area contributed by atoms with E-state index < -0.39 is 0 Å². The fourth-order valence-electron chi connectivity index (χ4n) is 3.34. The van der Waals surface area contributed by atoms with Crippen LogP contribution in [0.3, 0.4) is 0 Å². The molecule has 0 radical (unpaired) electrons. The quantitative estimate of drug-likeness (QED) is 0.335. The molecule has 7 heteroatoms. The van der Waals surface area contributed by atoms with Gasteiger partial charge in [-0.2, -0.15) is 0 Å². The molecule has 158 valence electrons. The molecule has 0 aliphatic carbocycles. The molecule has 0 atom stereocenters. The standard InChI is InChI=1S/C24H22N2O5/c1-15-3-11-22(30-15)24(23-12-4-16(2)31-23)17-5-7-19(8-6-17)25-14-18-13-20(26(28)29)9-10-21(18)27/h3-14,24,27-29H,1-2H3/p-1. The minimum atomic E-state index is -0.271. The number of hydrogen-bond donors (Lipinski definition) is 2. The molecule has 0 aliphatic rings. The molecular formula is C24H21N2O5-. The molecule has 0 bridgehead atoms. The average molecular weight is 417 g/mol. The second kappa shape index (κ2) is 8.51. The third-order valence-corrected chi connectivity index (χ3v) is 4.89. The summed E-state index contributed by atoms with van der Waals surface area (Å²) in [6.07, 6.45) is 1.40. The van der Waals surface area contributed by atoms with Gasteiger partial charge in [0.05, 0.1) is 11.4 Å². The number of hydrogen-bond acceptors (Lipinski definition) is 7. The maximum Gasteiger partial charge on any atom is 0.119 e. The first kappa shape index (κ1) is 20.5. The lowest BCUT2D eigenvalue weighted by Crippen LogP contribution is -2.11. The van der Waals surface area contributed by atoms with Crippen LogP contribution in [0, 0.1) is 13.8 Å². The summed E-state index contributed by atoms with van der Waals surface area (Å²) < 4.78 is 11.7. The first-order valence-corrected chi connectivity index (χ1v) is 9.66. The van der Waals surface area contributed by atoms with Crippen molar-refractivity contribution < 1.29 is 24.4 Å². The molecule has 2 aromatic heterocycles. The van der Waals surface area contributed by atoms with Gasteiger partial charge in [0.1, 0.15) is 29.0 Å². The van der Waals surface area contributed by atoms with Crippen LogP contribution in [0.1, 0.15) is 40.1 Å². The molecule has 0 fully saturated rings. The number of furan rings is 2. The molecule has 31 heavy (non-hydrogen) atoms. The second-order valence-electron chi connectivity index (χ2n) is 7.19. The Bertz CT molecular complexity index is 1160. The zero-order chi connectivity index (χ0) is 22.0. The van der Waals surface area contributed by atoms with E-state index in [1.54, 1.807) is 0 Å². The Labute approximate surface area is 179 Å². The van der Waals surface area contributed by atoms with Crippen molar-refractivity contribution in [1.29, 1.82) is 0 Å². The molecule has 0 saturated heterocycles. The molecule has 2 heterocycles. The number of aryl methyl sites for hydroxylation is 2. The number of rotatable bonds is 6. The summed E-state index contributed by atoms with van der Waals surface area (Å²) in [6.45, 7) is 3.80. The van der Waals surface area contributed by atoms with E-state index in [1.807, 2.05) is 62.4 Å². The highest BCUT2D eigenvalue weighted by Gasteiger charge is 2.23. The van der Waals surface area contributed by atoms with E-state index in [2.05, 4.69) is 4.99 Å². The highest BCUT2D eigenvalue weighted by atomic mass is 16.8. The van der Waals surface area contributed by atoms with E-state index in [0.717, 1.165) is 28.6 Å². The topological polar surface area (TPSA) is 105 Å². The molecule has 2 N–H and O–H groups in total. The van der Waals surface area contributed by atoms with E-state index in [1.165, 1.54) is 24.4 Å². The van der Waals surface area contributed by atoms with Gasteiger partial charge in [0.2, 0.25) is 0 Å². The summed E-state index contributed by atoms with van der Waals surface area (Å²) in [6, 6.07) is 19.2. The van der Waals surface area contributed by atoms with Crippen molar-refractivity contribution in [2.24, 2.45) is 4.99 Å². The van der Waals surface area contributed by atoms with Crippen molar-refractivity contribution in [1.82, 2.24) is 0 Å². The summed E-state index contributed by atoms with van der Waals surface area (Å²) >= 11 is 0. The monoisotopic (exact) mass is 417 g/mol. The Kier molecular flexibility index (Phi) is 5.62. The highest BCUT2D eigenvalue weighted by Crippen LogP contribution is 2.35. The smallest absolute Gasteiger partial charge is 0.119 e. The lowest BCUT2D eigenvalue weighted by Gasteiger charge is -2.14. The predicted octanol–water partition coefficient (Wildman–Crippen LogP) is 5.08. The molecule has 4 aromatic rings. The Balaban J connectivity index is 1.62. The van der Waals surface area contributed by atoms with Crippen molar-refractivity contribution in [2.45, 2.75) is 19.8 Å². The Morgan fingerprint density at radius 1 is 0.871 bits per heavy atom. The largest absolute Gasteiger partial charge is 0.872 e. The predicted molar refractivity (Wildman–Crippen MR) is 113 cm³/mol. The Morgan fingerprint density at radius 2 is 1.48 bits per heavy atom. The molecule has 0 amide bonds. The molecule has 4 rings (SSSR count). The van der Waals surface area contributed by atoms with Crippen LogP contribution >= 0.6 is 0 Å². The van der Waals surface area contributed by atoms with Crippen molar-refractivity contribution in [3.8, 4) is 5.75 Å². The van der Waals surface area contributed by atoms with E-state index in [4.69, 9.17) is 19.2 Å². The van der Waals surface area contributed by atoms with Crippen LogP contribution in [-0.2, 0) is 0 Å². The summed E-state index contributed by atoms with van der Waals surface area (Å²) in [5, 5.41) is 30.2. The van der Waals surface area contributed by atoms with E-state index in [-0.39, 0.29) is 28.1 Å². The van der Waals surface area contributed by atoms with Crippen LogP contribution in [0.2, 0.25) is 0 Å². The normalized spacial score (nSPS) is 11.5. The molecular weight excluding hydrogens is 396 g/mol. The van der Waals surface area contributed by atoms with Crippen LogP contribution in [0.15, 0.2) is 80.6 Å². The Morgan fingerprint density at radius 3 is 2.00 bits per heavy atom. The number of aliphatic imine (C=N–C) groups is 1. The van der Waals surface area contributed by atoms with Gasteiger partial charge >= 0.3 is 0 Å². The van der Waals surface area contributed by atoms with Gasteiger partial charge < -0.3 is 13.9 Å². The van der Waals surface area contributed by atoms with Gasteiger partial charge in [-0.15, -0.1) is 5.23 Å². The van der Waals surface area contributed by atoms with Gasteiger partial charge in [0.15, 0.2) is 0 Å². The summed E-state index contributed by atoms with van der Waals surface area (Å²) in [7, 11) is 0. The summed E-state index contributed by atoms with van der Waals surface area (Å²) in [4.78, 5) is 4.34. The molecule has 2 aromatic carbocycles. The lowest BCUT2D eigenvalue weighted by molar-refractivity contribution is -0.268. The van der Waals surface area contributed by atoms with E-state index in [9.17, 15) is 5.11 Å². The van der Waals surface area contributed by atoms with Crippen LogP contribution < -0.4 is 10.3 Å². The zero-order valence-corrected chi connectivity index (χ0v) is 17.0. The molecule has 0 unspecified atom stereocenters. The van der Waals surface area contributed by atoms with Gasteiger partial charge in [-0.05, 0) is 73.5 Å². The SMILES string of the molecule is Cc1ccc(C(c2ccc(N=Cc3cc(N(O)O)ccc3[O-])cc2)c2ccc(C)o2)o1. The van der Waals surface area contributed by atoms with Crippen LogP contribution in [0.25, 0.3) is 0 Å². The first-order chi connectivity index (χ1) is 14.9. The average Bonchev–Trinajstić information content (AvgIpc) is 3.37. The maximum atomic E-state index is 12.0. The molecule has 0 saturated carbocycles. The third-order valence-electron chi connectivity index (χ3n) is 4.89. The summed E-state index contributed by atoms with van der Waals surface area (Å²) in [5.74, 6) is 2.76. The fraction of sp³-hybridized carbons (Fsp3) is 0.125. The minimum Gasteiger partial charge on any atom is -0.872 e. The van der Waals surface area contributed by atoms with Gasteiger partial charge in [-0.1, -0.05) is 23.9 Å². The fourth-order valence-corrected chi connectivity index (χ4v) is 3.34. The van der Waals surface area contributed by atoms with Crippen molar-refractivity contribution in [3.05, 3.63) is 101 Å². The molecule has 0 aliphatic heterocycles. The van der Waals surface area contributed by atoms with Gasteiger partial charge in [0, 0.05) is 6.21 Å². The molecule has 7 nitrogen and oxygen atoms in total. The van der Waals surface area contributed by atoms with Crippen molar-refractivity contribution in [2.75, 3.05) is 5.23 Å². The van der Waals surface area contributed by atoms with Crippen LogP contribution in [-0.4, -0.2) is 16.6 Å². The van der Waals surface area contributed by atoms with Gasteiger partial charge in [-0.3, -0.25) is 15.4 Å². The van der Waals surface area contributed by atoms with E-state index in [0.29, 0.717) is 5.69 Å².